The third-order valence-corrected chi connectivity index (χ3v) is 4.57. The number of sulfonamides is 1. The van der Waals surface area contributed by atoms with Gasteiger partial charge in [0.2, 0.25) is 15.9 Å². The van der Waals surface area contributed by atoms with Gasteiger partial charge in [-0.05, 0) is 42.5 Å². The molecule has 1 amide bonds. The van der Waals surface area contributed by atoms with Gasteiger partial charge in [-0.15, -0.1) is 0 Å². The molecule has 0 aliphatic carbocycles. The first kappa shape index (κ1) is 19.0. The zero-order chi connectivity index (χ0) is 18.4. The highest BCUT2D eigenvalue weighted by Gasteiger charge is 2.12. The lowest BCUT2D eigenvalue weighted by Gasteiger charge is -2.11. The van der Waals surface area contributed by atoms with Gasteiger partial charge < -0.3 is 10.1 Å². The fraction of sp³-hybridized carbons (Fsp3) is 0.188. The number of nitrogens with one attached hydrogen (secondary N) is 2. The van der Waals surface area contributed by atoms with E-state index in [0.717, 1.165) is 0 Å². The Labute approximate surface area is 150 Å². The van der Waals surface area contributed by atoms with Gasteiger partial charge in [0.1, 0.15) is 23.9 Å². The normalized spacial score (nSPS) is 11.0. The first-order chi connectivity index (χ1) is 11.7. The summed E-state index contributed by atoms with van der Waals surface area (Å²) in [6, 6.07) is 9.63. The number of rotatable bonds is 7. The summed E-state index contributed by atoms with van der Waals surface area (Å²) in [6.07, 6.45) is 0. The maximum atomic E-state index is 12.8. The standard InChI is InChI=1S/C16H16ClFN2O4S/c1-11(21)19-16-10-13(4-7-15(16)17)20-25(22,23)9-8-24-14-5-2-12(18)3-6-14/h2-7,10,20H,8-9H2,1H3,(H,19,21). The summed E-state index contributed by atoms with van der Waals surface area (Å²) in [6.45, 7) is 1.22. The third kappa shape index (κ3) is 6.24. The van der Waals surface area contributed by atoms with Crippen LogP contribution < -0.4 is 14.8 Å². The molecule has 0 aliphatic heterocycles. The first-order valence-corrected chi connectivity index (χ1v) is 9.24. The van der Waals surface area contributed by atoms with Crippen molar-refractivity contribution in [2.45, 2.75) is 6.92 Å². The summed E-state index contributed by atoms with van der Waals surface area (Å²) in [7, 11) is -3.68. The highest BCUT2D eigenvalue weighted by molar-refractivity contribution is 7.92. The van der Waals surface area contributed by atoms with Crippen molar-refractivity contribution in [2.24, 2.45) is 0 Å². The molecular formula is C16H16ClFN2O4S. The molecule has 0 atom stereocenters. The Balaban J connectivity index is 1.96. The Morgan fingerprint density at radius 2 is 1.88 bits per heavy atom. The zero-order valence-electron chi connectivity index (χ0n) is 13.3. The third-order valence-electron chi connectivity index (χ3n) is 2.98. The number of hydrogen-bond donors (Lipinski definition) is 2. The zero-order valence-corrected chi connectivity index (χ0v) is 14.8. The number of amides is 1. The summed E-state index contributed by atoms with van der Waals surface area (Å²) in [4.78, 5) is 11.1. The number of ether oxygens (including phenoxy) is 1. The molecule has 0 radical (unpaired) electrons. The van der Waals surface area contributed by atoms with Crippen LogP contribution in [0.1, 0.15) is 6.92 Å². The predicted molar refractivity (Wildman–Crippen MR) is 95.1 cm³/mol. The Kier molecular flexibility index (Phi) is 6.22. The average molecular weight is 387 g/mol. The van der Waals surface area contributed by atoms with Crippen LogP contribution in [0.5, 0.6) is 5.75 Å². The van der Waals surface area contributed by atoms with Crippen LogP contribution >= 0.6 is 11.6 Å². The van der Waals surface area contributed by atoms with E-state index < -0.39 is 15.8 Å². The smallest absolute Gasteiger partial charge is 0.236 e. The molecule has 0 saturated carbocycles. The lowest BCUT2D eigenvalue weighted by atomic mass is 10.3. The van der Waals surface area contributed by atoms with Gasteiger partial charge in [0.05, 0.1) is 16.4 Å². The van der Waals surface area contributed by atoms with Crippen LogP contribution in [0.4, 0.5) is 15.8 Å². The highest BCUT2D eigenvalue weighted by atomic mass is 35.5. The summed E-state index contributed by atoms with van der Waals surface area (Å²) in [5.41, 5.74) is 0.562. The molecule has 2 N–H and O–H groups in total. The fourth-order valence-electron chi connectivity index (χ4n) is 1.90. The minimum atomic E-state index is -3.68. The largest absolute Gasteiger partial charge is 0.492 e. The van der Waals surface area contributed by atoms with Crippen molar-refractivity contribution in [2.75, 3.05) is 22.4 Å². The van der Waals surface area contributed by atoms with Crippen LogP contribution in [-0.2, 0) is 14.8 Å². The van der Waals surface area contributed by atoms with Crippen LogP contribution in [0.15, 0.2) is 42.5 Å². The number of carbonyl (C=O) groups excluding carboxylic acids is 1. The molecule has 0 bridgehead atoms. The molecule has 0 spiro atoms. The van der Waals surface area contributed by atoms with Crippen LogP contribution in [0.3, 0.4) is 0 Å². The van der Waals surface area contributed by atoms with E-state index in [9.17, 15) is 17.6 Å². The van der Waals surface area contributed by atoms with Gasteiger partial charge in [-0.2, -0.15) is 0 Å². The van der Waals surface area contributed by atoms with E-state index in [4.69, 9.17) is 16.3 Å². The molecule has 2 aromatic rings. The highest BCUT2D eigenvalue weighted by Crippen LogP contribution is 2.26. The molecule has 2 aromatic carbocycles. The molecule has 0 aliphatic rings. The minimum absolute atomic E-state index is 0.104. The molecule has 0 unspecified atom stereocenters. The molecular weight excluding hydrogens is 371 g/mol. The second-order valence-corrected chi connectivity index (χ2v) is 7.35. The number of halogens is 2. The van der Waals surface area contributed by atoms with E-state index in [-0.39, 0.29) is 29.0 Å². The molecule has 0 fully saturated rings. The van der Waals surface area contributed by atoms with Crippen LogP contribution in [0.2, 0.25) is 5.02 Å². The van der Waals surface area contributed by atoms with E-state index in [1.165, 1.54) is 49.4 Å². The predicted octanol–water partition coefficient (Wildman–Crippen LogP) is 3.26. The van der Waals surface area contributed by atoms with E-state index in [2.05, 4.69) is 10.0 Å². The maximum absolute atomic E-state index is 12.8. The Hall–Kier alpha value is -2.32. The molecule has 134 valence electrons. The molecule has 9 heteroatoms. The van der Waals surface area contributed by atoms with E-state index in [0.29, 0.717) is 11.4 Å². The Morgan fingerprint density at radius 1 is 1.20 bits per heavy atom. The number of benzene rings is 2. The minimum Gasteiger partial charge on any atom is -0.492 e. The molecule has 6 nitrogen and oxygen atoms in total. The molecule has 0 saturated heterocycles. The van der Waals surface area contributed by atoms with Gasteiger partial charge >= 0.3 is 0 Å². The fourth-order valence-corrected chi connectivity index (χ4v) is 2.96. The molecule has 0 aromatic heterocycles. The van der Waals surface area contributed by atoms with Crippen molar-refractivity contribution in [1.29, 1.82) is 0 Å². The van der Waals surface area contributed by atoms with Crippen LogP contribution in [-0.4, -0.2) is 26.7 Å². The van der Waals surface area contributed by atoms with Crippen molar-refractivity contribution in [3.63, 3.8) is 0 Å². The van der Waals surface area contributed by atoms with Crippen molar-refractivity contribution < 1.29 is 22.3 Å². The monoisotopic (exact) mass is 386 g/mol. The van der Waals surface area contributed by atoms with Gasteiger partial charge in [-0.1, -0.05) is 11.6 Å². The number of anilines is 2. The topological polar surface area (TPSA) is 84.5 Å². The van der Waals surface area contributed by atoms with Crippen molar-refractivity contribution in [3.05, 3.63) is 53.3 Å². The maximum Gasteiger partial charge on any atom is 0.236 e. The van der Waals surface area contributed by atoms with Crippen LogP contribution in [0.25, 0.3) is 0 Å². The van der Waals surface area contributed by atoms with Crippen molar-refractivity contribution in [3.8, 4) is 5.75 Å². The van der Waals surface area contributed by atoms with Crippen molar-refractivity contribution >= 4 is 38.9 Å². The quantitative estimate of drug-likeness (QED) is 0.765. The molecule has 0 heterocycles. The molecule has 2 rings (SSSR count). The van der Waals surface area contributed by atoms with Crippen LogP contribution in [0, 0.1) is 5.82 Å². The summed E-state index contributed by atoms with van der Waals surface area (Å²) < 4.78 is 44.6. The van der Waals surface area contributed by atoms with Gasteiger partial charge in [-0.25, -0.2) is 12.8 Å². The average Bonchev–Trinajstić information content (AvgIpc) is 2.52. The number of carbonyl (C=O) groups is 1. The van der Waals surface area contributed by atoms with Gasteiger partial charge in [0, 0.05) is 6.92 Å². The summed E-state index contributed by atoms with van der Waals surface area (Å²) in [5, 5.41) is 2.80. The van der Waals surface area contributed by atoms with Gasteiger partial charge in [-0.3, -0.25) is 9.52 Å². The lowest BCUT2D eigenvalue weighted by molar-refractivity contribution is -0.114. The van der Waals surface area contributed by atoms with E-state index >= 15 is 0 Å². The Morgan fingerprint density at radius 3 is 2.52 bits per heavy atom. The summed E-state index contributed by atoms with van der Waals surface area (Å²) in [5.74, 6) is -0.660. The molecule has 25 heavy (non-hydrogen) atoms. The van der Waals surface area contributed by atoms with Crippen molar-refractivity contribution in [1.82, 2.24) is 0 Å². The number of hydrogen-bond acceptors (Lipinski definition) is 4. The van der Waals surface area contributed by atoms with Gasteiger partial charge in [0.25, 0.3) is 0 Å². The second-order valence-electron chi connectivity index (χ2n) is 5.10. The SMILES string of the molecule is CC(=O)Nc1cc(NS(=O)(=O)CCOc2ccc(F)cc2)ccc1Cl. The van der Waals surface area contributed by atoms with E-state index in [1.54, 1.807) is 0 Å². The Bertz CT molecular complexity index is 857. The summed E-state index contributed by atoms with van der Waals surface area (Å²) >= 11 is 5.94. The first-order valence-electron chi connectivity index (χ1n) is 7.21. The lowest BCUT2D eigenvalue weighted by Crippen LogP contribution is -2.21. The second kappa shape index (κ2) is 8.17. The van der Waals surface area contributed by atoms with E-state index in [1.807, 2.05) is 0 Å². The van der Waals surface area contributed by atoms with Gasteiger partial charge in [0.15, 0.2) is 0 Å².